The van der Waals surface area contributed by atoms with Crippen LogP contribution < -0.4 is 24.8 Å². The first-order chi connectivity index (χ1) is 12.9. The second-order valence-corrected chi connectivity index (χ2v) is 6.57. The molecular weight excluding hydrogens is 354 g/mol. The Morgan fingerprint density at radius 1 is 1.11 bits per heavy atom. The van der Waals surface area contributed by atoms with E-state index in [0.717, 1.165) is 17.7 Å². The topological polar surface area (TPSA) is 106 Å². The molecule has 1 heterocycles. The molecule has 9 heteroatoms. The minimum Gasteiger partial charge on any atom is -0.493 e. The van der Waals surface area contributed by atoms with E-state index >= 15 is 0 Å². The van der Waals surface area contributed by atoms with Crippen molar-refractivity contribution in [1.29, 1.82) is 0 Å². The van der Waals surface area contributed by atoms with Crippen LogP contribution in [0.15, 0.2) is 12.1 Å². The van der Waals surface area contributed by atoms with Crippen molar-refractivity contribution < 1.29 is 28.6 Å². The third kappa shape index (κ3) is 3.36. The summed E-state index contributed by atoms with van der Waals surface area (Å²) in [6.45, 7) is -0.358. The van der Waals surface area contributed by atoms with E-state index in [2.05, 4.69) is 10.6 Å². The Balaban J connectivity index is 1.73. The van der Waals surface area contributed by atoms with Crippen LogP contribution in [0.5, 0.6) is 17.2 Å². The van der Waals surface area contributed by atoms with E-state index in [0.29, 0.717) is 35.8 Å². The van der Waals surface area contributed by atoms with Gasteiger partial charge in [0.1, 0.15) is 12.1 Å². The predicted octanol–water partition coefficient (Wildman–Crippen LogP) is 1.52. The van der Waals surface area contributed by atoms with E-state index in [-0.39, 0.29) is 12.5 Å². The molecule has 1 spiro atoms. The van der Waals surface area contributed by atoms with E-state index in [1.54, 1.807) is 12.1 Å². The number of imide groups is 1. The number of methoxy groups -OCH3 is 3. The Morgan fingerprint density at radius 3 is 2.22 bits per heavy atom. The van der Waals surface area contributed by atoms with E-state index in [4.69, 9.17) is 14.2 Å². The number of carbonyl (C=O) groups is 3. The molecule has 0 atom stereocenters. The third-order valence-corrected chi connectivity index (χ3v) is 4.95. The molecule has 3 rings (SSSR count). The lowest BCUT2D eigenvalue weighted by molar-refractivity contribution is -0.133. The number of hydrogen-bond donors (Lipinski definition) is 2. The maximum absolute atomic E-state index is 12.6. The number of benzene rings is 1. The minimum absolute atomic E-state index is 0.329. The Bertz CT molecular complexity index is 747. The van der Waals surface area contributed by atoms with Crippen LogP contribution in [0.25, 0.3) is 0 Å². The molecule has 27 heavy (non-hydrogen) atoms. The van der Waals surface area contributed by atoms with Crippen LogP contribution in [0.4, 0.5) is 10.5 Å². The normalized spacial score (nSPS) is 17.8. The summed E-state index contributed by atoms with van der Waals surface area (Å²) < 4.78 is 15.7. The first-order valence-electron chi connectivity index (χ1n) is 8.68. The van der Waals surface area contributed by atoms with E-state index < -0.39 is 17.5 Å². The average molecular weight is 377 g/mol. The second-order valence-electron chi connectivity index (χ2n) is 6.57. The molecule has 1 saturated heterocycles. The van der Waals surface area contributed by atoms with Crippen molar-refractivity contribution in [2.45, 2.75) is 31.2 Å². The smallest absolute Gasteiger partial charge is 0.325 e. The summed E-state index contributed by atoms with van der Waals surface area (Å²) in [5, 5.41) is 5.41. The largest absolute Gasteiger partial charge is 0.493 e. The number of hydrogen-bond acceptors (Lipinski definition) is 6. The van der Waals surface area contributed by atoms with Gasteiger partial charge in [-0.1, -0.05) is 12.8 Å². The van der Waals surface area contributed by atoms with Crippen LogP contribution in [0.1, 0.15) is 25.7 Å². The fourth-order valence-electron chi connectivity index (χ4n) is 3.63. The van der Waals surface area contributed by atoms with Gasteiger partial charge in [0.15, 0.2) is 11.5 Å². The molecule has 2 N–H and O–H groups in total. The molecule has 0 radical (unpaired) electrons. The summed E-state index contributed by atoms with van der Waals surface area (Å²) in [6.07, 6.45) is 3.00. The van der Waals surface area contributed by atoms with Gasteiger partial charge in [-0.3, -0.25) is 14.5 Å². The maximum Gasteiger partial charge on any atom is 0.325 e. The number of ether oxygens (including phenoxy) is 3. The summed E-state index contributed by atoms with van der Waals surface area (Å²) in [4.78, 5) is 38.2. The van der Waals surface area contributed by atoms with Gasteiger partial charge in [0.25, 0.3) is 5.91 Å². The van der Waals surface area contributed by atoms with Gasteiger partial charge in [-0.25, -0.2) is 4.79 Å². The first-order valence-corrected chi connectivity index (χ1v) is 8.68. The quantitative estimate of drug-likeness (QED) is 0.728. The van der Waals surface area contributed by atoms with Crippen molar-refractivity contribution in [3.63, 3.8) is 0 Å². The maximum atomic E-state index is 12.6. The molecule has 0 unspecified atom stereocenters. The van der Waals surface area contributed by atoms with Crippen molar-refractivity contribution in [3.8, 4) is 17.2 Å². The molecule has 4 amide bonds. The molecular formula is C18H23N3O6. The van der Waals surface area contributed by atoms with Crippen LogP contribution >= 0.6 is 0 Å². The van der Waals surface area contributed by atoms with Gasteiger partial charge in [-0.2, -0.15) is 0 Å². The number of nitrogens with zero attached hydrogens (tertiary/aromatic N) is 1. The summed E-state index contributed by atoms with van der Waals surface area (Å²) in [6, 6.07) is 2.62. The van der Waals surface area contributed by atoms with Crippen LogP contribution in [0.3, 0.4) is 0 Å². The predicted molar refractivity (Wildman–Crippen MR) is 96.2 cm³/mol. The molecule has 2 aliphatic rings. The number of anilines is 1. The SMILES string of the molecule is COc1cc(NC(=O)CN2C(=O)NC3(CCCC3)C2=O)cc(OC)c1OC. The molecule has 1 aromatic rings. The highest BCUT2D eigenvalue weighted by molar-refractivity contribution is 6.10. The standard InChI is InChI=1S/C18H23N3O6/c1-25-12-8-11(9-13(26-2)15(12)27-3)19-14(22)10-21-16(23)18(20-17(21)24)6-4-5-7-18/h8-9H,4-7,10H2,1-3H3,(H,19,22)(H,20,24). The lowest BCUT2D eigenvalue weighted by atomic mass is 9.98. The van der Waals surface area contributed by atoms with Crippen LogP contribution in [0.2, 0.25) is 0 Å². The number of carbonyl (C=O) groups excluding carboxylic acids is 3. The lowest BCUT2D eigenvalue weighted by Gasteiger charge is -2.20. The van der Waals surface area contributed by atoms with Gasteiger partial charge in [-0.05, 0) is 12.8 Å². The molecule has 1 aliphatic carbocycles. The van der Waals surface area contributed by atoms with Crippen LogP contribution in [0, 0.1) is 0 Å². The van der Waals surface area contributed by atoms with E-state index in [1.807, 2.05) is 0 Å². The molecule has 1 saturated carbocycles. The highest BCUT2D eigenvalue weighted by Gasteiger charge is 2.52. The van der Waals surface area contributed by atoms with Crippen molar-refractivity contribution >= 4 is 23.5 Å². The second kappa shape index (κ2) is 7.34. The van der Waals surface area contributed by atoms with Gasteiger partial charge >= 0.3 is 6.03 Å². The Labute approximate surface area is 156 Å². The molecule has 1 aromatic carbocycles. The van der Waals surface area contributed by atoms with Crippen LogP contribution in [-0.4, -0.2) is 56.2 Å². The lowest BCUT2D eigenvalue weighted by Crippen LogP contribution is -2.44. The zero-order valence-corrected chi connectivity index (χ0v) is 15.6. The minimum atomic E-state index is -0.829. The number of urea groups is 1. The summed E-state index contributed by atoms with van der Waals surface area (Å²) in [7, 11) is 4.42. The van der Waals surface area contributed by atoms with Gasteiger partial charge in [0, 0.05) is 17.8 Å². The highest BCUT2D eigenvalue weighted by Crippen LogP contribution is 2.40. The van der Waals surface area contributed by atoms with Crippen molar-refractivity contribution in [1.82, 2.24) is 10.2 Å². The van der Waals surface area contributed by atoms with Gasteiger partial charge < -0.3 is 24.8 Å². The summed E-state index contributed by atoms with van der Waals surface area (Å²) in [5.74, 6) is 0.335. The number of nitrogens with one attached hydrogen (secondary N) is 2. The van der Waals surface area contributed by atoms with Gasteiger partial charge in [0.05, 0.1) is 21.3 Å². The summed E-state index contributed by atoms with van der Waals surface area (Å²) in [5.41, 5.74) is -0.429. The first kappa shape index (κ1) is 18.8. The number of rotatable bonds is 6. The van der Waals surface area contributed by atoms with Crippen LogP contribution in [-0.2, 0) is 9.59 Å². The Kier molecular flexibility index (Phi) is 5.11. The van der Waals surface area contributed by atoms with E-state index in [9.17, 15) is 14.4 Å². The van der Waals surface area contributed by atoms with Crippen molar-refractivity contribution in [3.05, 3.63) is 12.1 Å². The Morgan fingerprint density at radius 2 is 1.70 bits per heavy atom. The zero-order chi connectivity index (χ0) is 19.6. The molecule has 146 valence electrons. The fourth-order valence-corrected chi connectivity index (χ4v) is 3.63. The van der Waals surface area contributed by atoms with E-state index in [1.165, 1.54) is 21.3 Å². The van der Waals surface area contributed by atoms with Crippen molar-refractivity contribution in [2.75, 3.05) is 33.2 Å². The third-order valence-electron chi connectivity index (χ3n) is 4.95. The monoisotopic (exact) mass is 377 g/mol. The number of amides is 4. The zero-order valence-electron chi connectivity index (χ0n) is 15.6. The molecule has 1 aliphatic heterocycles. The van der Waals surface area contributed by atoms with Gasteiger partial charge in [-0.15, -0.1) is 0 Å². The molecule has 0 bridgehead atoms. The van der Waals surface area contributed by atoms with Crippen molar-refractivity contribution in [2.24, 2.45) is 0 Å². The molecule has 2 fully saturated rings. The fraction of sp³-hybridized carbons (Fsp3) is 0.500. The highest BCUT2D eigenvalue weighted by atomic mass is 16.5. The summed E-state index contributed by atoms with van der Waals surface area (Å²) >= 11 is 0. The molecule has 0 aromatic heterocycles. The molecule has 9 nitrogen and oxygen atoms in total. The average Bonchev–Trinajstić information content (AvgIpc) is 3.21. The van der Waals surface area contributed by atoms with Gasteiger partial charge in [0.2, 0.25) is 11.7 Å². The Hall–Kier alpha value is -2.97.